The Labute approximate surface area is 277 Å². The molecule has 6 rings (SSSR count). The van der Waals surface area contributed by atoms with Gasteiger partial charge in [-0.15, -0.1) is 12.4 Å². The number of halogens is 1. The maximum atomic E-state index is 13.6. The van der Waals surface area contributed by atoms with Crippen molar-refractivity contribution in [3.05, 3.63) is 114 Å². The molecule has 0 saturated carbocycles. The third-order valence-corrected chi connectivity index (χ3v) is 10.3. The summed E-state index contributed by atoms with van der Waals surface area (Å²) < 4.78 is 30.0. The zero-order valence-corrected chi connectivity index (χ0v) is 27.4. The number of sulfonamides is 1. The number of nitrogens with zero attached hydrogens (tertiary/aromatic N) is 2. The zero-order valence-electron chi connectivity index (χ0n) is 25.8. The molecule has 4 aromatic carbocycles. The van der Waals surface area contributed by atoms with Crippen LogP contribution >= 0.6 is 12.4 Å². The summed E-state index contributed by atoms with van der Waals surface area (Å²) in [5.41, 5.74) is 2.86. The van der Waals surface area contributed by atoms with Gasteiger partial charge in [0.2, 0.25) is 21.8 Å². The molecule has 8 nitrogen and oxygen atoms in total. The van der Waals surface area contributed by atoms with Crippen LogP contribution in [0.4, 0.5) is 0 Å². The number of fused-ring (bicyclic) bond motifs is 1. The molecule has 46 heavy (non-hydrogen) atoms. The second-order valence-electron chi connectivity index (χ2n) is 12.1. The number of nitrogens with one attached hydrogen (secondary N) is 2. The zero-order chi connectivity index (χ0) is 31.2. The maximum Gasteiger partial charge on any atom is 0.245 e. The summed E-state index contributed by atoms with van der Waals surface area (Å²) in [7, 11) is -3.97. The molecule has 2 N–H and O–H groups in total. The standard InChI is InChI=1S/C36H40N4O4S.ClH/c41-35(37-34(36(42)40-21-6-7-22-40)23-27-13-15-28(16-14-27)26-39-19-8-20-39)25-33(30-10-2-1-3-11-30)38-45(43,44)32-18-17-29-9-4-5-12-31(29)24-32;/h1-5,9-18,24,33-34,38H,6-8,19-23,25-26H2,(H,37,41);1H. The van der Waals surface area contributed by atoms with Crippen molar-refractivity contribution in [2.24, 2.45) is 0 Å². The molecular weight excluding hydrogens is 620 g/mol. The van der Waals surface area contributed by atoms with Gasteiger partial charge in [0.25, 0.3) is 0 Å². The van der Waals surface area contributed by atoms with Gasteiger partial charge in [0.05, 0.1) is 10.9 Å². The van der Waals surface area contributed by atoms with Crippen LogP contribution in [0.15, 0.2) is 102 Å². The second kappa shape index (κ2) is 15.2. The van der Waals surface area contributed by atoms with E-state index in [0.29, 0.717) is 25.1 Å². The van der Waals surface area contributed by atoms with Crippen LogP contribution in [-0.4, -0.2) is 62.3 Å². The average molecular weight is 661 g/mol. The molecule has 0 bridgehead atoms. The van der Waals surface area contributed by atoms with Gasteiger partial charge in [-0.1, -0.05) is 84.9 Å². The monoisotopic (exact) mass is 660 g/mol. The molecule has 2 fully saturated rings. The number of benzene rings is 4. The molecule has 4 aromatic rings. The first-order chi connectivity index (χ1) is 21.8. The number of carbonyl (C=O) groups excluding carboxylic acids is 2. The van der Waals surface area contributed by atoms with Crippen LogP contribution in [0.1, 0.15) is 48.4 Å². The van der Waals surface area contributed by atoms with E-state index in [1.165, 1.54) is 12.0 Å². The molecule has 2 heterocycles. The summed E-state index contributed by atoms with van der Waals surface area (Å²) in [6.07, 6.45) is 3.35. The molecule has 2 amide bonds. The van der Waals surface area contributed by atoms with E-state index >= 15 is 0 Å². The average Bonchev–Trinajstić information content (AvgIpc) is 3.58. The summed E-state index contributed by atoms with van der Waals surface area (Å²) in [5.74, 6) is -0.490. The minimum atomic E-state index is -3.97. The van der Waals surface area contributed by atoms with Gasteiger partial charge in [0.1, 0.15) is 6.04 Å². The SMILES string of the molecule is Cl.O=C(CC(NS(=O)(=O)c1ccc2ccccc2c1)c1ccccc1)NC(Cc1ccc(CN2CCC2)cc1)C(=O)N1CCCC1. The summed E-state index contributed by atoms with van der Waals surface area (Å²) in [5, 5.41) is 4.74. The Kier molecular flexibility index (Phi) is 11.1. The van der Waals surface area contributed by atoms with Crippen LogP contribution in [0.25, 0.3) is 10.8 Å². The summed E-state index contributed by atoms with van der Waals surface area (Å²) in [4.78, 5) is 31.6. The maximum absolute atomic E-state index is 13.6. The van der Waals surface area contributed by atoms with Crippen LogP contribution in [0.5, 0.6) is 0 Å². The van der Waals surface area contributed by atoms with Crippen molar-refractivity contribution in [3.63, 3.8) is 0 Å². The quantitative estimate of drug-likeness (QED) is 0.217. The van der Waals surface area contributed by atoms with Crippen LogP contribution in [0.3, 0.4) is 0 Å². The predicted octanol–water partition coefficient (Wildman–Crippen LogP) is 5.23. The molecule has 0 aliphatic carbocycles. The van der Waals surface area contributed by atoms with Crippen molar-refractivity contribution >= 4 is 45.0 Å². The third kappa shape index (κ3) is 8.33. The Morgan fingerprint density at radius 3 is 2.07 bits per heavy atom. The Bertz CT molecular complexity index is 1740. The van der Waals surface area contributed by atoms with Crippen molar-refractivity contribution in [2.45, 2.75) is 55.6 Å². The molecule has 0 aromatic heterocycles. The van der Waals surface area contributed by atoms with Gasteiger partial charge in [-0.2, -0.15) is 0 Å². The summed E-state index contributed by atoms with van der Waals surface area (Å²) in [6, 6.07) is 28.3. The second-order valence-corrected chi connectivity index (χ2v) is 13.8. The number of hydrogen-bond donors (Lipinski definition) is 2. The van der Waals surface area contributed by atoms with Gasteiger partial charge in [-0.3, -0.25) is 14.5 Å². The Balaban J connectivity index is 0.00000417. The molecule has 242 valence electrons. The first-order valence-electron chi connectivity index (χ1n) is 15.8. The van der Waals surface area contributed by atoms with E-state index in [0.717, 1.165) is 48.8 Å². The van der Waals surface area contributed by atoms with Crippen LogP contribution in [0, 0.1) is 0 Å². The Morgan fingerprint density at radius 2 is 1.39 bits per heavy atom. The van der Waals surface area contributed by atoms with Gasteiger partial charge < -0.3 is 10.2 Å². The van der Waals surface area contributed by atoms with Crippen molar-refractivity contribution in [2.75, 3.05) is 26.2 Å². The highest BCUT2D eigenvalue weighted by Crippen LogP contribution is 2.24. The van der Waals surface area contributed by atoms with E-state index in [-0.39, 0.29) is 29.6 Å². The van der Waals surface area contributed by atoms with E-state index in [4.69, 9.17) is 0 Å². The fourth-order valence-electron chi connectivity index (χ4n) is 6.11. The van der Waals surface area contributed by atoms with Crippen LogP contribution in [-0.2, 0) is 32.6 Å². The molecule has 2 aliphatic heterocycles. The number of amides is 2. The number of likely N-dealkylation sites (tertiary alicyclic amines) is 2. The number of carbonyl (C=O) groups is 2. The van der Waals surface area contributed by atoms with E-state index in [1.54, 1.807) is 30.3 Å². The van der Waals surface area contributed by atoms with Gasteiger partial charge >= 0.3 is 0 Å². The van der Waals surface area contributed by atoms with Gasteiger partial charge in [-0.05, 0) is 71.9 Å². The molecule has 2 unspecified atom stereocenters. The van der Waals surface area contributed by atoms with Gasteiger partial charge in [0.15, 0.2) is 0 Å². The molecule has 2 atom stereocenters. The first-order valence-corrected chi connectivity index (χ1v) is 17.3. The molecule has 0 radical (unpaired) electrons. The molecule has 0 spiro atoms. The van der Waals surface area contributed by atoms with Crippen LogP contribution < -0.4 is 10.0 Å². The lowest BCUT2D eigenvalue weighted by molar-refractivity contribution is -0.135. The smallest absolute Gasteiger partial charge is 0.245 e. The van der Waals surface area contributed by atoms with Crippen molar-refractivity contribution < 1.29 is 18.0 Å². The molecular formula is C36H41ClN4O4S. The fourth-order valence-corrected chi connectivity index (χ4v) is 7.37. The lowest BCUT2D eigenvalue weighted by atomic mass is 10.0. The number of hydrogen-bond acceptors (Lipinski definition) is 5. The van der Waals surface area contributed by atoms with Crippen molar-refractivity contribution in [1.82, 2.24) is 19.8 Å². The summed E-state index contributed by atoms with van der Waals surface area (Å²) >= 11 is 0. The highest BCUT2D eigenvalue weighted by molar-refractivity contribution is 7.89. The minimum Gasteiger partial charge on any atom is -0.344 e. The Morgan fingerprint density at radius 1 is 0.739 bits per heavy atom. The minimum absolute atomic E-state index is 0. The third-order valence-electron chi connectivity index (χ3n) is 8.79. The normalized spacial score (nSPS) is 16.3. The van der Waals surface area contributed by atoms with Gasteiger partial charge in [-0.25, -0.2) is 13.1 Å². The van der Waals surface area contributed by atoms with E-state index in [9.17, 15) is 18.0 Å². The molecule has 2 saturated heterocycles. The summed E-state index contributed by atoms with van der Waals surface area (Å²) in [6.45, 7) is 4.53. The topological polar surface area (TPSA) is 98.8 Å². The molecule has 10 heteroatoms. The van der Waals surface area contributed by atoms with Gasteiger partial charge in [0, 0.05) is 32.5 Å². The van der Waals surface area contributed by atoms with E-state index in [1.807, 2.05) is 59.5 Å². The molecule has 2 aliphatic rings. The largest absolute Gasteiger partial charge is 0.344 e. The lowest BCUT2D eigenvalue weighted by Gasteiger charge is -2.30. The number of rotatable bonds is 12. The Hall–Kier alpha value is -3.76. The lowest BCUT2D eigenvalue weighted by Crippen LogP contribution is -2.49. The first kappa shape index (κ1) is 33.6. The van der Waals surface area contributed by atoms with Crippen molar-refractivity contribution in [3.8, 4) is 0 Å². The predicted molar refractivity (Wildman–Crippen MR) is 183 cm³/mol. The van der Waals surface area contributed by atoms with E-state index in [2.05, 4.69) is 27.1 Å². The highest BCUT2D eigenvalue weighted by atomic mass is 35.5. The van der Waals surface area contributed by atoms with E-state index < -0.39 is 28.0 Å². The highest BCUT2D eigenvalue weighted by Gasteiger charge is 2.30. The van der Waals surface area contributed by atoms with Crippen molar-refractivity contribution in [1.29, 1.82) is 0 Å². The fraction of sp³-hybridized carbons (Fsp3) is 0.333. The van der Waals surface area contributed by atoms with Crippen LogP contribution in [0.2, 0.25) is 0 Å².